The Hall–Kier alpha value is -5.50. The Morgan fingerprint density at radius 1 is 1.00 bits per heavy atom. The number of hydrogen-bond acceptors (Lipinski definition) is 7. The molecule has 1 aliphatic rings. The van der Waals surface area contributed by atoms with Gasteiger partial charge in [0, 0.05) is 18.2 Å². The lowest BCUT2D eigenvalue weighted by atomic mass is 9.84. The Kier molecular flexibility index (Phi) is 9.87. The zero-order valence-electron chi connectivity index (χ0n) is 26.0. The minimum absolute atomic E-state index is 0.0288. The van der Waals surface area contributed by atoms with Crippen LogP contribution in [0.3, 0.4) is 0 Å². The number of nitrogens with one attached hydrogen (secondary N) is 4. The van der Waals surface area contributed by atoms with Gasteiger partial charge in [0.25, 0.3) is 0 Å². The summed E-state index contributed by atoms with van der Waals surface area (Å²) in [6, 6.07) is 33.5. The molecule has 0 spiro atoms. The fraction of sp³-hybridized carbons (Fsp3) is 0.243. The van der Waals surface area contributed by atoms with E-state index in [1.165, 1.54) is 7.11 Å². The predicted octanol–water partition coefficient (Wildman–Crippen LogP) is 5.59. The number of anilines is 1. The van der Waals surface area contributed by atoms with Crippen LogP contribution in [0.5, 0.6) is 0 Å². The molecule has 1 saturated heterocycles. The standard InChI is InChI=1S/C37H36N6O4/c1-46-37(45)43-34(33(26-11-4-2-5-12-26)27-13-6-3-7-14-27)36(44)42-29-15-9-8-10-25(29)17-18-28-22-39-32(23-47-28)35-40-30-19-16-24(21-38)20-31(30)41-35/h2-16,19-20,28,32-34,39H,17-18,22-23H2,1H3,(H,40,41)(H,42,44)(H,43,45)/t28-,32+,34?/m1/s1. The first-order chi connectivity index (χ1) is 23.0. The molecule has 0 bridgehead atoms. The van der Waals surface area contributed by atoms with E-state index in [0.29, 0.717) is 30.8 Å². The molecule has 4 N–H and O–H groups in total. The number of amides is 2. The van der Waals surface area contributed by atoms with Gasteiger partial charge < -0.3 is 30.4 Å². The van der Waals surface area contributed by atoms with Crippen molar-refractivity contribution in [3.63, 3.8) is 0 Å². The Bertz CT molecular complexity index is 1820. The third kappa shape index (κ3) is 7.49. The number of alkyl carbamates (subject to hydrolysis) is 1. The predicted molar refractivity (Wildman–Crippen MR) is 179 cm³/mol. The second-order valence-electron chi connectivity index (χ2n) is 11.5. The van der Waals surface area contributed by atoms with Crippen molar-refractivity contribution in [2.75, 3.05) is 25.6 Å². The summed E-state index contributed by atoms with van der Waals surface area (Å²) in [6.07, 6.45) is 0.688. The molecule has 0 radical (unpaired) electrons. The molecule has 5 aromatic rings. The molecule has 1 aromatic heterocycles. The highest BCUT2D eigenvalue weighted by molar-refractivity contribution is 5.98. The van der Waals surface area contributed by atoms with Crippen LogP contribution in [-0.2, 0) is 20.7 Å². The van der Waals surface area contributed by atoms with Crippen molar-refractivity contribution in [2.24, 2.45) is 0 Å². The molecule has 2 amide bonds. The highest BCUT2D eigenvalue weighted by Crippen LogP contribution is 2.30. The maximum absolute atomic E-state index is 14.0. The zero-order valence-corrected chi connectivity index (χ0v) is 26.0. The Balaban J connectivity index is 1.13. The fourth-order valence-electron chi connectivity index (χ4n) is 6.02. The summed E-state index contributed by atoms with van der Waals surface area (Å²) in [6.45, 7) is 1.09. The van der Waals surface area contributed by atoms with Crippen molar-refractivity contribution in [3.8, 4) is 6.07 Å². The molecule has 1 unspecified atom stereocenters. The van der Waals surface area contributed by atoms with Gasteiger partial charge in [0.05, 0.1) is 48.5 Å². The van der Waals surface area contributed by atoms with E-state index >= 15 is 0 Å². The van der Waals surface area contributed by atoms with Crippen molar-refractivity contribution in [1.82, 2.24) is 20.6 Å². The summed E-state index contributed by atoms with van der Waals surface area (Å²) in [5.74, 6) is -0.0359. The minimum Gasteiger partial charge on any atom is -0.453 e. The van der Waals surface area contributed by atoms with Gasteiger partial charge in [0.15, 0.2) is 0 Å². The molecule has 10 heteroatoms. The van der Waals surface area contributed by atoms with Crippen molar-refractivity contribution in [1.29, 1.82) is 5.26 Å². The number of aromatic nitrogens is 2. The lowest BCUT2D eigenvalue weighted by molar-refractivity contribution is -0.118. The molecule has 47 heavy (non-hydrogen) atoms. The van der Waals surface area contributed by atoms with Crippen molar-refractivity contribution in [2.45, 2.75) is 36.9 Å². The number of methoxy groups -OCH3 is 1. The van der Waals surface area contributed by atoms with E-state index in [1.807, 2.05) is 91.0 Å². The topological polar surface area (TPSA) is 141 Å². The van der Waals surface area contributed by atoms with Gasteiger partial charge >= 0.3 is 6.09 Å². The normalized spacial score (nSPS) is 16.7. The van der Waals surface area contributed by atoms with E-state index in [2.05, 4.69) is 32.0 Å². The third-order valence-electron chi connectivity index (χ3n) is 8.45. The highest BCUT2D eigenvalue weighted by Gasteiger charge is 2.33. The smallest absolute Gasteiger partial charge is 0.407 e. The molecule has 1 aliphatic heterocycles. The largest absolute Gasteiger partial charge is 0.453 e. The van der Waals surface area contributed by atoms with Crippen molar-refractivity contribution in [3.05, 3.63) is 131 Å². The summed E-state index contributed by atoms with van der Waals surface area (Å²) >= 11 is 0. The maximum atomic E-state index is 14.0. The molecular formula is C37H36N6O4. The summed E-state index contributed by atoms with van der Waals surface area (Å²) in [5.41, 5.74) is 5.63. The molecule has 10 nitrogen and oxygen atoms in total. The average Bonchev–Trinajstić information content (AvgIpc) is 3.55. The van der Waals surface area contributed by atoms with E-state index in [4.69, 9.17) is 9.47 Å². The van der Waals surface area contributed by atoms with Crippen LogP contribution in [0.2, 0.25) is 0 Å². The van der Waals surface area contributed by atoms with Crippen LogP contribution in [0.15, 0.2) is 103 Å². The van der Waals surface area contributed by atoms with Gasteiger partial charge in [-0.3, -0.25) is 4.79 Å². The van der Waals surface area contributed by atoms with Gasteiger partial charge in [-0.2, -0.15) is 5.26 Å². The van der Waals surface area contributed by atoms with Gasteiger partial charge in [-0.25, -0.2) is 9.78 Å². The second kappa shape index (κ2) is 14.7. The third-order valence-corrected chi connectivity index (χ3v) is 8.45. The summed E-state index contributed by atoms with van der Waals surface area (Å²) in [4.78, 5) is 34.6. The van der Waals surface area contributed by atoms with E-state index in [-0.39, 0.29) is 18.1 Å². The number of morpholine rings is 1. The Morgan fingerprint density at radius 3 is 2.36 bits per heavy atom. The first-order valence-corrected chi connectivity index (χ1v) is 15.6. The molecule has 0 aliphatic carbocycles. The number of benzene rings is 4. The van der Waals surface area contributed by atoms with Gasteiger partial charge in [0.1, 0.15) is 11.9 Å². The number of para-hydroxylation sites is 1. The molecule has 2 heterocycles. The van der Waals surface area contributed by atoms with Gasteiger partial charge in [-0.15, -0.1) is 0 Å². The van der Waals surface area contributed by atoms with E-state index in [1.54, 1.807) is 12.1 Å². The van der Waals surface area contributed by atoms with Gasteiger partial charge in [0.2, 0.25) is 5.91 Å². The van der Waals surface area contributed by atoms with Gasteiger partial charge in [-0.05, 0) is 53.8 Å². The number of carbonyl (C=O) groups excluding carboxylic acids is 2. The van der Waals surface area contributed by atoms with E-state index in [9.17, 15) is 14.9 Å². The van der Waals surface area contributed by atoms with Gasteiger partial charge in [-0.1, -0.05) is 78.9 Å². The molecule has 238 valence electrons. The van der Waals surface area contributed by atoms with Crippen LogP contribution in [0, 0.1) is 11.3 Å². The molecule has 1 fully saturated rings. The first kappa shape index (κ1) is 31.5. The van der Waals surface area contributed by atoms with E-state index in [0.717, 1.165) is 40.0 Å². The van der Waals surface area contributed by atoms with Crippen LogP contribution >= 0.6 is 0 Å². The van der Waals surface area contributed by atoms with Crippen LogP contribution in [0.4, 0.5) is 10.5 Å². The van der Waals surface area contributed by atoms with Crippen LogP contribution < -0.4 is 16.0 Å². The lowest BCUT2D eigenvalue weighted by Crippen LogP contribution is -2.48. The van der Waals surface area contributed by atoms with Crippen LogP contribution in [0.25, 0.3) is 11.0 Å². The van der Waals surface area contributed by atoms with Crippen molar-refractivity contribution < 1.29 is 19.1 Å². The number of imidazole rings is 1. The molecule has 0 saturated carbocycles. The maximum Gasteiger partial charge on any atom is 0.407 e. The summed E-state index contributed by atoms with van der Waals surface area (Å²) in [7, 11) is 1.28. The number of fused-ring (bicyclic) bond motifs is 1. The highest BCUT2D eigenvalue weighted by atomic mass is 16.5. The molecular weight excluding hydrogens is 592 g/mol. The van der Waals surface area contributed by atoms with Crippen LogP contribution in [-0.4, -0.2) is 54.4 Å². The molecule has 4 aromatic carbocycles. The Labute approximate surface area is 273 Å². The lowest BCUT2D eigenvalue weighted by Gasteiger charge is -2.30. The number of H-pyrrole nitrogens is 1. The minimum atomic E-state index is -0.951. The van der Waals surface area contributed by atoms with Crippen molar-refractivity contribution >= 4 is 28.7 Å². The number of hydrogen-bond donors (Lipinski definition) is 4. The zero-order chi connectivity index (χ0) is 32.6. The number of carbonyl (C=O) groups is 2. The summed E-state index contributed by atoms with van der Waals surface area (Å²) in [5, 5.41) is 18.6. The first-order valence-electron chi connectivity index (χ1n) is 15.6. The SMILES string of the molecule is COC(=O)NC(C(=O)Nc1ccccc1CC[C@@H]1CN[C@H](c2nc3ccc(C#N)cc3[nH]2)CO1)C(c1ccccc1)c1ccccc1. The number of rotatable bonds is 10. The second-order valence-corrected chi connectivity index (χ2v) is 11.5. The number of nitriles is 1. The van der Waals surface area contributed by atoms with Crippen LogP contribution in [0.1, 0.15) is 46.5 Å². The quantitative estimate of drug-likeness (QED) is 0.158. The number of aromatic amines is 1. The molecule has 3 atom stereocenters. The Morgan fingerprint density at radius 2 is 1.70 bits per heavy atom. The number of aryl methyl sites for hydroxylation is 1. The molecule has 6 rings (SSSR count). The number of nitrogens with zero attached hydrogens (tertiary/aromatic N) is 2. The number of ether oxygens (including phenoxy) is 2. The monoisotopic (exact) mass is 628 g/mol. The fourth-order valence-corrected chi connectivity index (χ4v) is 6.02. The van der Waals surface area contributed by atoms with E-state index < -0.39 is 18.1 Å². The average molecular weight is 629 g/mol. The summed E-state index contributed by atoms with van der Waals surface area (Å²) < 4.78 is 11.2.